The van der Waals surface area contributed by atoms with Gasteiger partial charge in [-0.3, -0.25) is 4.68 Å². The number of nitriles is 1. The maximum Gasteiger partial charge on any atom is 0.103 e. The Bertz CT molecular complexity index is 1210. The average molecular weight is 368 g/mol. The Labute approximate surface area is 163 Å². The molecule has 0 saturated heterocycles. The van der Waals surface area contributed by atoms with Crippen LogP contribution in [-0.4, -0.2) is 19.6 Å². The summed E-state index contributed by atoms with van der Waals surface area (Å²) in [6.07, 6.45) is 8.76. The van der Waals surface area contributed by atoms with E-state index in [1.54, 1.807) is 4.68 Å². The van der Waals surface area contributed by atoms with E-state index >= 15 is 0 Å². The number of aryl methyl sites for hydroxylation is 1. The second-order valence-corrected chi connectivity index (χ2v) is 7.28. The molecule has 1 aliphatic carbocycles. The third kappa shape index (κ3) is 2.72. The molecule has 0 radical (unpaired) electrons. The molecule has 0 bridgehead atoms. The van der Waals surface area contributed by atoms with Gasteiger partial charge in [0.15, 0.2) is 0 Å². The van der Waals surface area contributed by atoms with Crippen LogP contribution in [0.3, 0.4) is 0 Å². The van der Waals surface area contributed by atoms with Gasteiger partial charge in [0.1, 0.15) is 5.69 Å². The first-order valence-electron chi connectivity index (χ1n) is 9.48. The van der Waals surface area contributed by atoms with E-state index < -0.39 is 0 Å². The molecular weight excluding hydrogens is 348 g/mol. The van der Waals surface area contributed by atoms with Gasteiger partial charge in [0.05, 0.1) is 41.8 Å². The van der Waals surface area contributed by atoms with Gasteiger partial charge in [-0.2, -0.15) is 15.5 Å². The van der Waals surface area contributed by atoms with Crippen molar-refractivity contribution in [1.82, 2.24) is 19.6 Å². The molecule has 0 fully saturated rings. The minimum atomic E-state index is 0.212. The summed E-state index contributed by atoms with van der Waals surface area (Å²) in [5, 5.41) is 23.0. The van der Waals surface area contributed by atoms with Crippen LogP contribution in [0, 0.1) is 11.3 Å². The van der Waals surface area contributed by atoms with Crippen molar-refractivity contribution in [2.24, 2.45) is 7.05 Å². The molecule has 0 amide bonds. The standard InChI is InChI=1S/C22H20N6/c1-27-14-18(13-24-27)28-22-10-17(9-8-16(22)12-25-28)26-21-7-3-5-19-15(11-23)4-2-6-20(19)21/h2,4,6,8-10,12-14,21,26H,3,5,7H2,1H3/t21-/m0/s1. The van der Waals surface area contributed by atoms with E-state index in [-0.39, 0.29) is 6.04 Å². The molecule has 1 N–H and O–H groups in total. The first kappa shape index (κ1) is 16.6. The first-order valence-corrected chi connectivity index (χ1v) is 9.48. The number of fused-ring (bicyclic) bond motifs is 2. The summed E-state index contributed by atoms with van der Waals surface area (Å²) in [7, 11) is 1.90. The lowest BCUT2D eigenvalue weighted by atomic mass is 9.85. The molecular formula is C22H20N6. The van der Waals surface area contributed by atoms with E-state index in [9.17, 15) is 5.26 Å². The minimum Gasteiger partial charge on any atom is -0.378 e. The molecule has 0 saturated carbocycles. The maximum absolute atomic E-state index is 9.42. The highest BCUT2D eigenvalue weighted by Gasteiger charge is 2.22. The fourth-order valence-electron chi connectivity index (χ4n) is 4.14. The monoisotopic (exact) mass is 368 g/mol. The molecule has 4 aromatic rings. The van der Waals surface area contributed by atoms with E-state index in [1.807, 2.05) is 42.5 Å². The number of hydrogen-bond acceptors (Lipinski definition) is 4. The topological polar surface area (TPSA) is 71.5 Å². The summed E-state index contributed by atoms with van der Waals surface area (Å²) in [5.41, 5.74) is 6.27. The van der Waals surface area contributed by atoms with Crippen LogP contribution in [0.1, 0.15) is 35.6 Å². The van der Waals surface area contributed by atoms with E-state index in [0.717, 1.165) is 47.1 Å². The summed E-state index contributed by atoms with van der Waals surface area (Å²) in [5.74, 6) is 0. The molecule has 5 rings (SSSR count). The fraction of sp³-hybridized carbons (Fsp3) is 0.227. The third-order valence-electron chi connectivity index (χ3n) is 5.48. The van der Waals surface area contributed by atoms with Crippen molar-refractivity contribution in [3.63, 3.8) is 0 Å². The van der Waals surface area contributed by atoms with Gasteiger partial charge >= 0.3 is 0 Å². The summed E-state index contributed by atoms with van der Waals surface area (Å²) in [6, 6.07) is 14.9. The molecule has 138 valence electrons. The van der Waals surface area contributed by atoms with Crippen molar-refractivity contribution in [2.75, 3.05) is 5.32 Å². The van der Waals surface area contributed by atoms with Gasteiger partial charge in [0.25, 0.3) is 0 Å². The zero-order valence-electron chi connectivity index (χ0n) is 15.6. The van der Waals surface area contributed by atoms with Crippen molar-refractivity contribution < 1.29 is 0 Å². The van der Waals surface area contributed by atoms with Gasteiger partial charge in [0.2, 0.25) is 0 Å². The number of anilines is 1. The van der Waals surface area contributed by atoms with E-state index in [2.05, 4.69) is 45.8 Å². The zero-order chi connectivity index (χ0) is 19.1. The van der Waals surface area contributed by atoms with Gasteiger partial charge in [-0.25, -0.2) is 4.68 Å². The fourth-order valence-corrected chi connectivity index (χ4v) is 4.14. The minimum absolute atomic E-state index is 0.212. The Morgan fingerprint density at radius 3 is 2.93 bits per heavy atom. The third-order valence-corrected chi connectivity index (χ3v) is 5.48. The predicted molar refractivity (Wildman–Crippen MR) is 108 cm³/mol. The van der Waals surface area contributed by atoms with Crippen molar-refractivity contribution in [3.05, 3.63) is 71.7 Å². The Kier molecular flexibility index (Phi) is 3.87. The molecule has 6 heteroatoms. The highest BCUT2D eigenvalue weighted by atomic mass is 15.3. The number of nitrogens with zero attached hydrogens (tertiary/aromatic N) is 5. The molecule has 1 atom stereocenters. The predicted octanol–water partition coefficient (Wildman–Crippen LogP) is 4.12. The number of rotatable bonds is 3. The smallest absolute Gasteiger partial charge is 0.103 e. The van der Waals surface area contributed by atoms with Crippen molar-refractivity contribution in [1.29, 1.82) is 5.26 Å². The Morgan fingerprint density at radius 1 is 1.18 bits per heavy atom. The van der Waals surface area contributed by atoms with Crippen molar-refractivity contribution >= 4 is 16.6 Å². The molecule has 2 aromatic carbocycles. The van der Waals surface area contributed by atoms with Gasteiger partial charge < -0.3 is 5.32 Å². The lowest BCUT2D eigenvalue weighted by molar-refractivity contribution is 0.599. The summed E-state index contributed by atoms with van der Waals surface area (Å²) in [6.45, 7) is 0. The summed E-state index contributed by atoms with van der Waals surface area (Å²) in [4.78, 5) is 0. The van der Waals surface area contributed by atoms with Gasteiger partial charge in [-0.15, -0.1) is 0 Å². The SMILES string of the molecule is Cn1cc(-n2ncc3ccc(N[C@H]4CCCc5c(C#N)cccc54)cc32)cn1. The largest absolute Gasteiger partial charge is 0.378 e. The first-order chi connectivity index (χ1) is 13.7. The molecule has 1 aliphatic rings. The molecule has 2 aromatic heterocycles. The van der Waals surface area contributed by atoms with E-state index in [1.165, 1.54) is 11.1 Å². The summed E-state index contributed by atoms with van der Waals surface area (Å²) >= 11 is 0. The molecule has 6 nitrogen and oxygen atoms in total. The van der Waals surface area contributed by atoms with E-state index in [4.69, 9.17) is 0 Å². The maximum atomic E-state index is 9.42. The van der Waals surface area contributed by atoms with Crippen LogP contribution in [0.15, 0.2) is 55.0 Å². The lowest BCUT2D eigenvalue weighted by Crippen LogP contribution is -2.18. The van der Waals surface area contributed by atoms with Crippen molar-refractivity contribution in [2.45, 2.75) is 25.3 Å². The Hall–Kier alpha value is -3.59. The molecule has 28 heavy (non-hydrogen) atoms. The second-order valence-electron chi connectivity index (χ2n) is 7.28. The van der Waals surface area contributed by atoms with Crippen LogP contribution in [-0.2, 0) is 13.5 Å². The quantitative estimate of drug-likeness (QED) is 0.590. The van der Waals surface area contributed by atoms with Gasteiger partial charge in [-0.05, 0) is 54.7 Å². The lowest BCUT2D eigenvalue weighted by Gasteiger charge is -2.28. The van der Waals surface area contributed by atoms with Crippen LogP contribution in [0.25, 0.3) is 16.6 Å². The van der Waals surface area contributed by atoms with Crippen LogP contribution < -0.4 is 5.32 Å². The summed E-state index contributed by atoms with van der Waals surface area (Å²) < 4.78 is 3.69. The number of benzene rings is 2. The van der Waals surface area contributed by atoms with Gasteiger partial charge in [0, 0.05) is 18.1 Å². The molecule has 0 aliphatic heterocycles. The Balaban J connectivity index is 1.51. The molecule has 0 spiro atoms. The average Bonchev–Trinajstić information content (AvgIpc) is 3.33. The number of nitrogens with one attached hydrogen (secondary N) is 1. The van der Waals surface area contributed by atoms with Crippen LogP contribution in [0.4, 0.5) is 5.69 Å². The Morgan fingerprint density at radius 2 is 2.11 bits per heavy atom. The molecule has 2 heterocycles. The second kappa shape index (κ2) is 6.54. The molecule has 0 unspecified atom stereocenters. The van der Waals surface area contributed by atoms with Gasteiger partial charge in [-0.1, -0.05) is 12.1 Å². The highest BCUT2D eigenvalue weighted by Crippen LogP contribution is 2.34. The number of aromatic nitrogens is 4. The zero-order valence-corrected chi connectivity index (χ0v) is 15.6. The van der Waals surface area contributed by atoms with Crippen LogP contribution in [0.2, 0.25) is 0 Å². The van der Waals surface area contributed by atoms with Crippen LogP contribution >= 0.6 is 0 Å². The van der Waals surface area contributed by atoms with E-state index in [0.29, 0.717) is 0 Å². The van der Waals surface area contributed by atoms with Crippen LogP contribution in [0.5, 0.6) is 0 Å². The number of hydrogen-bond donors (Lipinski definition) is 1. The van der Waals surface area contributed by atoms with Crippen molar-refractivity contribution in [3.8, 4) is 11.8 Å². The highest BCUT2D eigenvalue weighted by molar-refractivity contribution is 5.83. The normalized spacial score (nSPS) is 15.9.